The Hall–Kier alpha value is -2.76. The number of aromatic nitrogens is 1. The molecule has 140 valence electrons. The fourth-order valence-corrected chi connectivity index (χ4v) is 4.71. The minimum atomic E-state index is -0.874. The molecule has 1 aromatic heterocycles. The Morgan fingerprint density at radius 1 is 1.11 bits per heavy atom. The van der Waals surface area contributed by atoms with E-state index in [0.717, 1.165) is 62.4 Å². The topological polar surface area (TPSA) is 65.9 Å². The maximum Gasteiger partial charge on any atom is 0.339 e. The molecule has 0 saturated carbocycles. The van der Waals surface area contributed by atoms with Gasteiger partial charge >= 0.3 is 5.97 Å². The first kappa shape index (κ1) is 16.4. The second kappa shape index (κ2) is 5.87. The molecule has 3 aliphatic rings. The van der Waals surface area contributed by atoms with Crippen molar-refractivity contribution < 1.29 is 14.6 Å². The molecule has 0 radical (unpaired) electrons. The second-order valence-corrected chi connectivity index (χ2v) is 8.03. The van der Waals surface area contributed by atoms with Crippen molar-refractivity contribution in [1.29, 1.82) is 0 Å². The van der Waals surface area contributed by atoms with E-state index in [0.29, 0.717) is 11.4 Å². The molecule has 2 saturated heterocycles. The Morgan fingerprint density at radius 2 is 1.81 bits per heavy atom. The zero-order valence-corrected chi connectivity index (χ0v) is 15.4. The van der Waals surface area contributed by atoms with Gasteiger partial charge in [-0.25, -0.2) is 9.78 Å². The zero-order chi connectivity index (χ0) is 18.6. The molecule has 0 amide bonds. The van der Waals surface area contributed by atoms with Crippen molar-refractivity contribution in [3.8, 4) is 5.75 Å². The molecule has 3 heterocycles. The third kappa shape index (κ3) is 2.62. The van der Waals surface area contributed by atoms with Gasteiger partial charge in [0.1, 0.15) is 17.1 Å². The fraction of sp³-hybridized carbons (Fsp3) is 0.429. The van der Waals surface area contributed by atoms with E-state index in [1.165, 1.54) is 5.69 Å². The highest BCUT2D eigenvalue weighted by Crippen LogP contribution is 2.44. The van der Waals surface area contributed by atoms with Crippen LogP contribution in [-0.2, 0) is 12.8 Å². The molecule has 5 rings (SSSR count). The highest BCUT2D eigenvalue weighted by atomic mass is 16.5. The number of pyridine rings is 1. The van der Waals surface area contributed by atoms with E-state index < -0.39 is 5.97 Å². The van der Waals surface area contributed by atoms with Gasteiger partial charge in [0.25, 0.3) is 0 Å². The molecular weight excluding hydrogens is 342 g/mol. The summed E-state index contributed by atoms with van der Waals surface area (Å²) in [5.41, 5.74) is 4.03. The lowest BCUT2D eigenvalue weighted by molar-refractivity contribution is 0.0695. The average molecular weight is 365 g/mol. The van der Waals surface area contributed by atoms with Gasteiger partial charge in [-0.3, -0.25) is 0 Å². The summed E-state index contributed by atoms with van der Waals surface area (Å²) in [7, 11) is 1.68. The van der Waals surface area contributed by atoms with Crippen LogP contribution in [0.15, 0.2) is 30.3 Å². The summed E-state index contributed by atoms with van der Waals surface area (Å²) in [4.78, 5) is 21.0. The number of carboxylic acid groups (broad SMARTS) is 1. The smallest absolute Gasteiger partial charge is 0.339 e. The van der Waals surface area contributed by atoms with E-state index in [9.17, 15) is 9.90 Å². The van der Waals surface area contributed by atoms with Crippen LogP contribution < -0.4 is 14.5 Å². The number of aryl methyl sites for hydroxylation is 2. The summed E-state index contributed by atoms with van der Waals surface area (Å²) in [5, 5.41) is 9.62. The van der Waals surface area contributed by atoms with Crippen molar-refractivity contribution in [2.24, 2.45) is 5.41 Å². The summed E-state index contributed by atoms with van der Waals surface area (Å²) < 4.78 is 5.22. The SMILES string of the molecule is COc1ccc(N2CC3(C2)CN(c2nc4c(cc2C(=O)O)CCC4)C3)cc1. The second-order valence-electron chi connectivity index (χ2n) is 8.03. The number of anilines is 2. The highest BCUT2D eigenvalue weighted by molar-refractivity contribution is 5.94. The normalized spacial score (nSPS) is 19.4. The predicted octanol–water partition coefficient (Wildman–Crippen LogP) is 2.60. The number of hydrogen-bond acceptors (Lipinski definition) is 5. The number of benzene rings is 1. The van der Waals surface area contributed by atoms with Crippen molar-refractivity contribution in [3.05, 3.63) is 47.2 Å². The van der Waals surface area contributed by atoms with Gasteiger partial charge in [-0.05, 0) is 55.2 Å². The first-order valence-corrected chi connectivity index (χ1v) is 9.47. The molecule has 1 N–H and O–H groups in total. The lowest BCUT2D eigenvalue weighted by Crippen LogP contribution is -2.72. The molecule has 1 aliphatic carbocycles. The van der Waals surface area contributed by atoms with Crippen molar-refractivity contribution in [2.45, 2.75) is 19.3 Å². The summed E-state index contributed by atoms with van der Waals surface area (Å²) in [6.45, 7) is 3.77. The zero-order valence-electron chi connectivity index (χ0n) is 15.4. The van der Waals surface area contributed by atoms with Crippen molar-refractivity contribution >= 4 is 17.5 Å². The number of hydrogen-bond donors (Lipinski definition) is 1. The quantitative estimate of drug-likeness (QED) is 0.898. The maximum atomic E-state index is 11.7. The Kier molecular flexibility index (Phi) is 3.57. The Labute approximate surface area is 158 Å². The molecule has 27 heavy (non-hydrogen) atoms. The van der Waals surface area contributed by atoms with Crippen LogP contribution in [0.3, 0.4) is 0 Å². The summed E-state index contributed by atoms with van der Waals surface area (Å²) >= 11 is 0. The van der Waals surface area contributed by atoms with Gasteiger partial charge in [0.2, 0.25) is 0 Å². The Bertz CT molecular complexity index is 896. The number of fused-ring (bicyclic) bond motifs is 1. The van der Waals surface area contributed by atoms with E-state index in [1.807, 2.05) is 18.2 Å². The largest absolute Gasteiger partial charge is 0.497 e. The molecule has 0 atom stereocenters. The van der Waals surface area contributed by atoms with Crippen LogP contribution in [0, 0.1) is 5.41 Å². The first-order chi connectivity index (χ1) is 13.1. The van der Waals surface area contributed by atoms with Crippen molar-refractivity contribution in [3.63, 3.8) is 0 Å². The lowest BCUT2D eigenvalue weighted by atomic mass is 9.72. The van der Waals surface area contributed by atoms with Gasteiger partial charge in [-0.2, -0.15) is 0 Å². The maximum absolute atomic E-state index is 11.7. The lowest BCUT2D eigenvalue weighted by Gasteiger charge is -2.61. The number of rotatable bonds is 4. The predicted molar refractivity (Wildman–Crippen MR) is 103 cm³/mol. The van der Waals surface area contributed by atoms with Crippen molar-refractivity contribution in [2.75, 3.05) is 43.1 Å². The van der Waals surface area contributed by atoms with Crippen LogP contribution in [0.25, 0.3) is 0 Å². The van der Waals surface area contributed by atoms with Gasteiger partial charge in [0, 0.05) is 43.0 Å². The van der Waals surface area contributed by atoms with E-state index in [-0.39, 0.29) is 5.41 Å². The fourth-order valence-electron chi connectivity index (χ4n) is 4.71. The minimum Gasteiger partial charge on any atom is -0.497 e. The third-order valence-corrected chi connectivity index (χ3v) is 6.10. The molecule has 1 aromatic carbocycles. The first-order valence-electron chi connectivity index (χ1n) is 9.47. The summed E-state index contributed by atoms with van der Waals surface area (Å²) in [6, 6.07) is 10.0. The van der Waals surface area contributed by atoms with E-state index >= 15 is 0 Å². The van der Waals surface area contributed by atoms with E-state index in [4.69, 9.17) is 9.72 Å². The number of ether oxygens (including phenoxy) is 1. The number of methoxy groups -OCH3 is 1. The Morgan fingerprint density at radius 3 is 2.48 bits per heavy atom. The number of nitrogens with zero attached hydrogens (tertiary/aromatic N) is 3. The highest BCUT2D eigenvalue weighted by Gasteiger charge is 2.52. The van der Waals surface area contributed by atoms with Crippen LogP contribution >= 0.6 is 0 Å². The van der Waals surface area contributed by atoms with Crippen LogP contribution in [0.4, 0.5) is 11.5 Å². The number of aromatic carboxylic acids is 1. The van der Waals surface area contributed by atoms with E-state index in [2.05, 4.69) is 21.9 Å². The molecule has 6 heteroatoms. The molecule has 2 aliphatic heterocycles. The molecule has 2 aromatic rings. The molecule has 2 fully saturated rings. The molecule has 0 bridgehead atoms. The summed E-state index contributed by atoms with van der Waals surface area (Å²) in [6.07, 6.45) is 2.99. The van der Waals surface area contributed by atoms with Gasteiger partial charge < -0.3 is 19.6 Å². The van der Waals surface area contributed by atoms with Gasteiger partial charge in [-0.1, -0.05) is 0 Å². The van der Waals surface area contributed by atoms with Gasteiger partial charge in [-0.15, -0.1) is 0 Å². The minimum absolute atomic E-state index is 0.260. The van der Waals surface area contributed by atoms with Crippen LogP contribution in [0.5, 0.6) is 5.75 Å². The molecule has 1 spiro atoms. The third-order valence-electron chi connectivity index (χ3n) is 6.10. The van der Waals surface area contributed by atoms with E-state index in [1.54, 1.807) is 7.11 Å². The van der Waals surface area contributed by atoms with Crippen LogP contribution in [0.1, 0.15) is 28.0 Å². The molecular formula is C21H23N3O3. The van der Waals surface area contributed by atoms with Gasteiger partial charge in [0.05, 0.1) is 7.11 Å². The van der Waals surface area contributed by atoms with Gasteiger partial charge in [0.15, 0.2) is 0 Å². The average Bonchev–Trinajstić information content (AvgIpc) is 3.06. The summed E-state index contributed by atoms with van der Waals surface area (Å²) in [5.74, 6) is 0.658. The molecule has 0 unspecified atom stereocenters. The van der Waals surface area contributed by atoms with Crippen LogP contribution in [0.2, 0.25) is 0 Å². The van der Waals surface area contributed by atoms with Crippen molar-refractivity contribution in [1.82, 2.24) is 4.98 Å². The number of carbonyl (C=O) groups is 1. The number of carboxylic acids is 1. The Balaban J connectivity index is 1.28. The molecule has 6 nitrogen and oxygen atoms in total. The van der Waals surface area contributed by atoms with Crippen LogP contribution in [-0.4, -0.2) is 49.3 Å². The monoisotopic (exact) mass is 365 g/mol. The standard InChI is InChI=1S/C21H23N3O3/c1-27-16-7-5-15(6-8-16)23-10-21(11-23)12-24(13-21)19-17(20(25)26)9-14-3-2-4-18(14)22-19/h5-9H,2-4,10-13H2,1H3,(H,25,26).